The fourth-order valence-electron chi connectivity index (χ4n) is 1.69. The molecule has 6 nitrogen and oxygen atoms in total. The molecule has 0 aliphatic rings. The number of rotatable bonds is 6. The minimum Gasteiger partial charge on any atom is -0.394 e. The van der Waals surface area contributed by atoms with E-state index in [1.807, 2.05) is 31.2 Å². The van der Waals surface area contributed by atoms with Crippen molar-refractivity contribution in [3.63, 3.8) is 0 Å². The first-order valence-electron chi connectivity index (χ1n) is 6.17. The molecule has 1 atom stereocenters. The molecule has 0 bridgehead atoms. The van der Waals surface area contributed by atoms with Gasteiger partial charge in [0.15, 0.2) is 5.82 Å². The highest BCUT2D eigenvalue weighted by Gasteiger charge is 2.03. The van der Waals surface area contributed by atoms with Crippen LogP contribution in [0.2, 0.25) is 0 Å². The van der Waals surface area contributed by atoms with Gasteiger partial charge in [-0.15, -0.1) is 0 Å². The van der Waals surface area contributed by atoms with E-state index in [0.29, 0.717) is 13.0 Å². The first-order chi connectivity index (χ1) is 9.17. The Bertz CT molecular complexity index is 510. The number of H-pyrrole nitrogens is 1. The van der Waals surface area contributed by atoms with Gasteiger partial charge in [0.25, 0.3) is 0 Å². The molecule has 2 rings (SSSR count). The molecule has 1 aromatic heterocycles. The van der Waals surface area contributed by atoms with Gasteiger partial charge in [0.2, 0.25) is 0 Å². The van der Waals surface area contributed by atoms with Crippen LogP contribution >= 0.6 is 0 Å². The zero-order chi connectivity index (χ0) is 13.7. The quantitative estimate of drug-likeness (QED) is 0.607. The van der Waals surface area contributed by atoms with Gasteiger partial charge in [-0.2, -0.15) is 5.10 Å². The van der Waals surface area contributed by atoms with Crippen molar-refractivity contribution in [3.05, 3.63) is 41.5 Å². The maximum absolute atomic E-state index is 9.24. The van der Waals surface area contributed by atoms with Gasteiger partial charge in [0, 0.05) is 18.7 Å². The fourth-order valence-corrected chi connectivity index (χ4v) is 1.69. The number of anilines is 1. The third kappa shape index (κ3) is 4.04. The average Bonchev–Trinajstić information content (AvgIpc) is 2.83. The van der Waals surface area contributed by atoms with Crippen molar-refractivity contribution >= 4 is 5.69 Å². The molecule has 4 N–H and O–H groups in total. The number of benzene rings is 1. The van der Waals surface area contributed by atoms with E-state index in [2.05, 4.69) is 20.5 Å². The van der Waals surface area contributed by atoms with Crippen LogP contribution in [0.4, 0.5) is 5.69 Å². The molecule has 1 aromatic carbocycles. The molecule has 0 radical (unpaired) electrons. The van der Waals surface area contributed by atoms with Gasteiger partial charge >= 0.3 is 0 Å². The van der Waals surface area contributed by atoms with Crippen LogP contribution in [0.3, 0.4) is 0 Å². The highest BCUT2D eigenvalue weighted by Crippen LogP contribution is 2.12. The van der Waals surface area contributed by atoms with Crippen molar-refractivity contribution in [1.82, 2.24) is 15.2 Å². The number of aromatic amines is 1. The lowest BCUT2D eigenvalue weighted by atomic mass is 10.1. The topological polar surface area (TPSA) is 94.1 Å². The van der Waals surface area contributed by atoms with Crippen LogP contribution in [0.25, 0.3) is 0 Å². The summed E-state index contributed by atoms with van der Waals surface area (Å²) in [6.07, 6.45) is -0.0555. The number of aliphatic hydroxyl groups excluding tert-OH is 2. The average molecular weight is 262 g/mol. The molecule has 1 heterocycles. The Hall–Kier alpha value is -1.92. The fraction of sp³-hybridized carbons (Fsp3) is 0.385. The third-order valence-corrected chi connectivity index (χ3v) is 2.71. The summed E-state index contributed by atoms with van der Waals surface area (Å²) < 4.78 is 0. The van der Waals surface area contributed by atoms with Crippen molar-refractivity contribution in [2.24, 2.45) is 0 Å². The summed E-state index contributed by atoms with van der Waals surface area (Å²) in [4.78, 5) is 4.26. The summed E-state index contributed by atoms with van der Waals surface area (Å²) in [5.74, 6) is 1.58. The number of hydrogen-bond donors (Lipinski definition) is 4. The third-order valence-electron chi connectivity index (χ3n) is 2.71. The zero-order valence-electron chi connectivity index (χ0n) is 10.8. The summed E-state index contributed by atoms with van der Waals surface area (Å²) in [5, 5.41) is 27.9. The molecular formula is C13H18N4O2. The normalized spacial score (nSPS) is 12.4. The number of nitrogens with zero attached hydrogens (tertiary/aromatic N) is 2. The maximum atomic E-state index is 9.24. The number of aryl methyl sites for hydroxylation is 1. The molecule has 0 aliphatic heterocycles. The van der Waals surface area contributed by atoms with Crippen molar-refractivity contribution < 1.29 is 10.2 Å². The van der Waals surface area contributed by atoms with Gasteiger partial charge in [-0.1, -0.05) is 12.1 Å². The van der Waals surface area contributed by atoms with Gasteiger partial charge in [-0.3, -0.25) is 5.10 Å². The van der Waals surface area contributed by atoms with Crippen molar-refractivity contribution in [2.75, 3.05) is 18.5 Å². The van der Waals surface area contributed by atoms with Crippen LogP contribution < -0.4 is 5.32 Å². The van der Waals surface area contributed by atoms with Crippen LogP contribution in [-0.4, -0.2) is 44.7 Å². The Kier molecular flexibility index (Phi) is 4.48. The summed E-state index contributed by atoms with van der Waals surface area (Å²) >= 11 is 0. The first-order valence-corrected chi connectivity index (χ1v) is 6.17. The monoisotopic (exact) mass is 262 g/mol. The van der Waals surface area contributed by atoms with Gasteiger partial charge in [-0.25, -0.2) is 4.98 Å². The Balaban J connectivity index is 1.91. The summed E-state index contributed by atoms with van der Waals surface area (Å²) in [6, 6.07) is 7.83. The summed E-state index contributed by atoms with van der Waals surface area (Å²) in [7, 11) is 0. The minimum atomic E-state index is -0.740. The molecule has 1 unspecified atom stereocenters. The largest absolute Gasteiger partial charge is 0.394 e. The molecule has 6 heteroatoms. The molecule has 0 spiro atoms. The Morgan fingerprint density at radius 2 is 2.05 bits per heavy atom. The molecule has 102 valence electrons. The second kappa shape index (κ2) is 6.31. The second-order valence-electron chi connectivity index (χ2n) is 4.43. The lowest BCUT2D eigenvalue weighted by molar-refractivity contribution is 0.105. The molecule has 0 saturated carbocycles. The predicted octanol–water partition coefficient (Wildman–Crippen LogP) is 0.469. The van der Waals surface area contributed by atoms with Crippen molar-refractivity contribution in [3.8, 4) is 0 Å². The summed E-state index contributed by atoms with van der Waals surface area (Å²) in [5.41, 5.74) is 2.02. The van der Waals surface area contributed by atoms with Crippen molar-refractivity contribution in [2.45, 2.75) is 19.4 Å². The Morgan fingerprint density at radius 1 is 1.32 bits per heavy atom. The summed E-state index contributed by atoms with van der Waals surface area (Å²) in [6.45, 7) is 1.96. The minimum absolute atomic E-state index is 0.241. The molecular weight excluding hydrogens is 244 g/mol. The van der Waals surface area contributed by atoms with Gasteiger partial charge in [0.1, 0.15) is 5.82 Å². The van der Waals surface area contributed by atoms with E-state index in [9.17, 15) is 5.11 Å². The maximum Gasteiger partial charge on any atom is 0.155 e. The first kappa shape index (κ1) is 13.5. The van der Waals surface area contributed by atoms with Gasteiger partial charge in [-0.05, 0) is 24.6 Å². The molecule has 0 aliphatic carbocycles. The van der Waals surface area contributed by atoms with Crippen LogP contribution in [-0.2, 0) is 6.42 Å². The second-order valence-corrected chi connectivity index (χ2v) is 4.43. The lowest BCUT2D eigenvalue weighted by Gasteiger charge is -2.10. The van der Waals surface area contributed by atoms with E-state index < -0.39 is 6.10 Å². The molecule has 0 saturated heterocycles. The highest BCUT2D eigenvalue weighted by molar-refractivity contribution is 5.45. The lowest BCUT2D eigenvalue weighted by Crippen LogP contribution is -2.22. The predicted molar refractivity (Wildman–Crippen MR) is 72.0 cm³/mol. The molecule has 0 fully saturated rings. The smallest absolute Gasteiger partial charge is 0.155 e. The molecule has 0 amide bonds. The standard InChI is InChI=1S/C13H18N4O2/c1-9-15-13(17-16-9)6-10-2-4-11(5-3-10)14-7-12(19)8-18/h2-5,12,14,18-19H,6-8H2,1H3,(H,15,16,17). The van der Waals surface area contributed by atoms with E-state index in [4.69, 9.17) is 5.11 Å². The van der Waals surface area contributed by atoms with E-state index in [-0.39, 0.29) is 6.61 Å². The van der Waals surface area contributed by atoms with E-state index in [1.165, 1.54) is 0 Å². The van der Waals surface area contributed by atoms with Crippen LogP contribution in [0.5, 0.6) is 0 Å². The number of nitrogens with one attached hydrogen (secondary N) is 2. The molecule has 2 aromatic rings. The van der Waals surface area contributed by atoms with Crippen LogP contribution in [0.15, 0.2) is 24.3 Å². The SMILES string of the molecule is Cc1nc(Cc2ccc(NCC(O)CO)cc2)n[nH]1. The number of aliphatic hydroxyl groups is 2. The molecule has 19 heavy (non-hydrogen) atoms. The van der Waals surface area contributed by atoms with E-state index >= 15 is 0 Å². The Morgan fingerprint density at radius 3 is 2.63 bits per heavy atom. The van der Waals surface area contributed by atoms with Crippen LogP contribution in [0, 0.1) is 6.92 Å². The van der Waals surface area contributed by atoms with Crippen molar-refractivity contribution in [1.29, 1.82) is 0 Å². The highest BCUT2D eigenvalue weighted by atomic mass is 16.3. The number of hydrogen-bond acceptors (Lipinski definition) is 5. The Labute approximate surface area is 111 Å². The van der Waals surface area contributed by atoms with Gasteiger partial charge in [0.05, 0.1) is 12.7 Å². The number of aromatic nitrogens is 3. The van der Waals surface area contributed by atoms with Crippen LogP contribution in [0.1, 0.15) is 17.2 Å². The van der Waals surface area contributed by atoms with E-state index in [1.54, 1.807) is 0 Å². The van der Waals surface area contributed by atoms with Gasteiger partial charge < -0.3 is 15.5 Å². The van der Waals surface area contributed by atoms with E-state index in [0.717, 1.165) is 22.9 Å². The zero-order valence-corrected chi connectivity index (χ0v) is 10.8.